The van der Waals surface area contributed by atoms with Crippen LogP contribution in [0.2, 0.25) is 0 Å². The molecule has 0 saturated carbocycles. The van der Waals surface area contributed by atoms with E-state index in [9.17, 15) is 24.3 Å². The van der Waals surface area contributed by atoms with Crippen LogP contribution in [0.4, 0.5) is 0 Å². The van der Waals surface area contributed by atoms with Crippen LogP contribution in [0.25, 0.3) is 0 Å². The van der Waals surface area contributed by atoms with Gasteiger partial charge >= 0.3 is 11.9 Å². The summed E-state index contributed by atoms with van der Waals surface area (Å²) < 4.78 is 4.96. The summed E-state index contributed by atoms with van der Waals surface area (Å²) in [5, 5.41) is 12.2. The Hall–Kier alpha value is -2.43. The number of benzene rings is 1. The molecule has 2 amide bonds. The zero-order valence-corrected chi connectivity index (χ0v) is 20.0. The van der Waals surface area contributed by atoms with E-state index in [0.717, 1.165) is 18.0 Å². The number of esters is 1. The lowest BCUT2D eigenvalue weighted by Gasteiger charge is -2.39. The number of carbonyl (C=O) groups is 4. The highest BCUT2D eigenvalue weighted by Crippen LogP contribution is 2.48. The minimum Gasteiger partial charge on any atom is -0.480 e. The van der Waals surface area contributed by atoms with Crippen LogP contribution in [0.5, 0.6) is 0 Å². The third kappa shape index (κ3) is 4.27. The molecular formula is C23H29N3O6S. The van der Waals surface area contributed by atoms with Crippen LogP contribution in [0.15, 0.2) is 24.3 Å². The van der Waals surface area contributed by atoms with Gasteiger partial charge in [0.25, 0.3) is 11.8 Å². The fraction of sp³-hybridized carbons (Fsp3) is 0.565. The number of imide groups is 1. The summed E-state index contributed by atoms with van der Waals surface area (Å²) in [6, 6.07) is 4.20. The molecule has 2 fully saturated rings. The summed E-state index contributed by atoms with van der Waals surface area (Å²) in [7, 11) is 1.98. The maximum atomic E-state index is 13.4. The molecule has 2 saturated heterocycles. The second-order valence-electron chi connectivity index (χ2n) is 9.85. The average molecular weight is 476 g/mol. The van der Waals surface area contributed by atoms with Crippen LogP contribution in [0.3, 0.4) is 0 Å². The summed E-state index contributed by atoms with van der Waals surface area (Å²) in [5.74, 6) is -2.91. The summed E-state index contributed by atoms with van der Waals surface area (Å²) in [6.45, 7) is 6.55. The molecule has 178 valence electrons. The van der Waals surface area contributed by atoms with E-state index in [0.29, 0.717) is 12.8 Å². The minimum absolute atomic E-state index is 0.225. The quantitative estimate of drug-likeness (QED) is 0.494. The molecule has 3 unspecified atom stereocenters. The maximum absolute atomic E-state index is 13.4. The molecule has 2 N–H and O–H groups in total. The highest BCUT2D eigenvalue weighted by molar-refractivity contribution is 8.01. The number of piperidine rings is 1. The van der Waals surface area contributed by atoms with Crippen LogP contribution in [0, 0.1) is 0 Å². The van der Waals surface area contributed by atoms with Crippen molar-refractivity contribution in [3.8, 4) is 0 Å². The monoisotopic (exact) mass is 475 g/mol. The Morgan fingerprint density at radius 3 is 2.18 bits per heavy atom. The number of amides is 2. The molecule has 0 bridgehead atoms. The molecule has 3 aliphatic heterocycles. The second-order valence-corrected chi connectivity index (χ2v) is 11.4. The number of carboxylic acid groups (broad SMARTS) is 1. The topological polar surface area (TPSA) is 116 Å². The molecule has 0 radical (unpaired) electrons. The Labute approximate surface area is 196 Å². The molecule has 4 rings (SSSR count). The maximum Gasteiger partial charge on any atom is 0.332 e. The van der Waals surface area contributed by atoms with Gasteiger partial charge in [-0.1, -0.05) is 12.1 Å². The zero-order chi connectivity index (χ0) is 24.1. The standard InChI is InChI=1S/C23H29N3O6S/c1-22(2,3)32-21(31)15(26-18(27)13-7-5-6-8-14(13)19(26)28)17-24-16(20(29)30)23(33-17)9-11-25(4)12-10-23/h5-8,15-17,24H,9-12H2,1-4H3,(H,29,30). The van der Waals surface area contributed by atoms with E-state index in [4.69, 9.17) is 4.74 Å². The molecule has 3 aliphatic rings. The fourth-order valence-corrected chi connectivity index (χ4v) is 6.51. The number of carboxylic acids is 1. The van der Waals surface area contributed by atoms with E-state index >= 15 is 0 Å². The lowest BCUT2D eigenvalue weighted by molar-refractivity contribution is -0.160. The van der Waals surface area contributed by atoms with Crippen LogP contribution in [-0.4, -0.2) is 86.6 Å². The third-order valence-corrected chi connectivity index (χ3v) is 8.10. The Morgan fingerprint density at radius 2 is 1.70 bits per heavy atom. The van der Waals surface area contributed by atoms with Gasteiger partial charge in [-0.3, -0.25) is 24.6 Å². The lowest BCUT2D eigenvalue weighted by Crippen LogP contribution is -2.57. The van der Waals surface area contributed by atoms with Crippen molar-refractivity contribution in [2.75, 3.05) is 20.1 Å². The first-order valence-electron chi connectivity index (χ1n) is 11.0. The fourth-order valence-electron chi connectivity index (χ4n) is 4.71. The third-order valence-electron chi connectivity index (χ3n) is 6.34. The van der Waals surface area contributed by atoms with Gasteiger partial charge in [0.05, 0.1) is 16.5 Å². The number of hydrogen-bond donors (Lipinski definition) is 2. The van der Waals surface area contributed by atoms with E-state index in [-0.39, 0.29) is 11.1 Å². The second kappa shape index (κ2) is 8.41. The molecule has 9 nitrogen and oxygen atoms in total. The van der Waals surface area contributed by atoms with Crippen molar-refractivity contribution >= 4 is 35.5 Å². The molecule has 3 atom stereocenters. The van der Waals surface area contributed by atoms with Gasteiger partial charge in [0.2, 0.25) is 0 Å². The number of ether oxygens (including phenoxy) is 1. The van der Waals surface area contributed by atoms with Crippen molar-refractivity contribution in [1.82, 2.24) is 15.1 Å². The van der Waals surface area contributed by atoms with Gasteiger partial charge in [0.15, 0.2) is 6.04 Å². The number of nitrogens with one attached hydrogen (secondary N) is 1. The molecule has 1 aromatic carbocycles. The first-order chi connectivity index (χ1) is 15.4. The van der Waals surface area contributed by atoms with Crippen molar-refractivity contribution < 1.29 is 29.0 Å². The van der Waals surface area contributed by atoms with Crippen molar-refractivity contribution in [2.24, 2.45) is 0 Å². The summed E-state index contributed by atoms with van der Waals surface area (Å²) in [5.41, 5.74) is -0.403. The van der Waals surface area contributed by atoms with Crippen molar-refractivity contribution in [3.05, 3.63) is 35.4 Å². The largest absolute Gasteiger partial charge is 0.480 e. The lowest BCUT2D eigenvalue weighted by atomic mass is 9.88. The SMILES string of the molecule is CN1CCC2(CC1)SC(C(C(=O)OC(C)(C)C)N1C(=O)c3ccccc3C1=O)NC2C(=O)O. The molecule has 10 heteroatoms. The van der Waals surface area contributed by atoms with Gasteiger partial charge in [-0.05, 0) is 65.9 Å². The first kappa shape index (κ1) is 23.7. The summed E-state index contributed by atoms with van der Waals surface area (Å²) in [6.07, 6.45) is 1.22. The number of rotatable bonds is 4. The van der Waals surface area contributed by atoms with Crippen LogP contribution in [0.1, 0.15) is 54.3 Å². The Kier molecular flexibility index (Phi) is 6.05. The number of hydrogen-bond acceptors (Lipinski definition) is 8. The number of carbonyl (C=O) groups excluding carboxylic acids is 3. The number of nitrogens with zero attached hydrogens (tertiary/aromatic N) is 2. The van der Waals surface area contributed by atoms with E-state index in [1.54, 1.807) is 45.0 Å². The first-order valence-corrected chi connectivity index (χ1v) is 11.9. The normalized spacial score (nSPS) is 25.9. The van der Waals surface area contributed by atoms with Gasteiger partial charge in [-0.25, -0.2) is 4.79 Å². The van der Waals surface area contributed by atoms with E-state index in [2.05, 4.69) is 10.2 Å². The average Bonchev–Trinajstić information content (AvgIpc) is 3.21. The molecular weight excluding hydrogens is 446 g/mol. The molecule has 0 aliphatic carbocycles. The Bertz CT molecular complexity index is 963. The van der Waals surface area contributed by atoms with E-state index < -0.39 is 51.6 Å². The zero-order valence-electron chi connectivity index (χ0n) is 19.2. The predicted octanol–water partition coefficient (Wildman–Crippen LogP) is 1.57. The molecule has 1 spiro atoms. The Morgan fingerprint density at radius 1 is 1.15 bits per heavy atom. The van der Waals surface area contributed by atoms with Gasteiger partial charge < -0.3 is 14.7 Å². The van der Waals surface area contributed by atoms with Crippen LogP contribution >= 0.6 is 11.8 Å². The van der Waals surface area contributed by atoms with Crippen molar-refractivity contribution in [2.45, 2.75) is 61.4 Å². The number of thioether (sulfide) groups is 1. The van der Waals surface area contributed by atoms with Crippen molar-refractivity contribution in [1.29, 1.82) is 0 Å². The van der Waals surface area contributed by atoms with Gasteiger partial charge in [-0.2, -0.15) is 0 Å². The smallest absolute Gasteiger partial charge is 0.332 e. The highest BCUT2D eigenvalue weighted by Gasteiger charge is 2.58. The number of fused-ring (bicyclic) bond motifs is 1. The molecule has 3 heterocycles. The molecule has 1 aromatic rings. The van der Waals surface area contributed by atoms with Gasteiger partial charge in [0, 0.05) is 4.75 Å². The van der Waals surface area contributed by atoms with Crippen LogP contribution < -0.4 is 5.32 Å². The van der Waals surface area contributed by atoms with Crippen molar-refractivity contribution in [3.63, 3.8) is 0 Å². The number of likely N-dealkylation sites (tertiary alicyclic amines) is 1. The molecule has 33 heavy (non-hydrogen) atoms. The Balaban J connectivity index is 1.72. The van der Waals surface area contributed by atoms with Crippen LogP contribution in [-0.2, 0) is 14.3 Å². The highest BCUT2D eigenvalue weighted by atomic mass is 32.2. The minimum atomic E-state index is -1.30. The molecule has 0 aromatic heterocycles. The predicted molar refractivity (Wildman–Crippen MR) is 122 cm³/mol. The van der Waals surface area contributed by atoms with E-state index in [1.165, 1.54) is 11.8 Å². The summed E-state index contributed by atoms with van der Waals surface area (Å²) >= 11 is 1.34. The number of aliphatic carboxylic acids is 1. The van der Waals surface area contributed by atoms with Gasteiger partial charge in [0.1, 0.15) is 11.6 Å². The van der Waals surface area contributed by atoms with Gasteiger partial charge in [-0.15, -0.1) is 11.8 Å². The van der Waals surface area contributed by atoms with E-state index in [1.807, 2.05) is 7.05 Å². The summed E-state index contributed by atoms with van der Waals surface area (Å²) in [4.78, 5) is 55.1.